The zero-order chi connectivity index (χ0) is 21.0. The van der Waals surface area contributed by atoms with Crippen LogP contribution in [0.25, 0.3) is 0 Å². The highest BCUT2D eigenvalue weighted by molar-refractivity contribution is 6.05. The van der Waals surface area contributed by atoms with E-state index in [-0.39, 0.29) is 5.91 Å². The number of carbonyl (C=O) groups is 1. The van der Waals surface area contributed by atoms with Gasteiger partial charge in [-0.1, -0.05) is 6.07 Å². The number of hydrogen-bond donors (Lipinski definition) is 1. The van der Waals surface area contributed by atoms with Crippen molar-refractivity contribution in [1.82, 2.24) is 19.6 Å². The average Bonchev–Trinajstić information content (AvgIpc) is 3.21. The second-order valence-corrected chi connectivity index (χ2v) is 6.70. The Hall–Kier alpha value is -3.29. The average molecular weight is 397 g/mol. The second kappa shape index (κ2) is 8.81. The van der Waals surface area contributed by atoms with E-state index < -0.39 is 0 Å². The Kier molecular flexibility index (Phi) is 6.21. The molecule has 8 heteroatoms. The van der Waals surface area contributed by atoms with Gasteiger partial charge >= 0.3 is 0 Å². The summed E-state index contributed by atoms with van der Waals surface area (Å²) in [5.41, 5.74) is 3.77. The van der Waals surface area contributed by atoms with Crippen molar-refractivity contribution in [3.05, 3.63) is 53.1 Å². The molecule has 8 nitrogen and oxygen atoms in total. The Bertz CT molecular complexity index is 1010. The minimum absolute atomic E-state index is 0.188. The van der Waals surface area contributed by atoms with Gasteiger partial charge in [-0.15, -0.1) is 0 Å². The number of hydrogen-bond acceptors (Lipinski definition) is 5. The molecule has 0 aliphatic carbocycles. The van der Waals surface area contributed by atoms with Crippen LogP contribution in [-0.4, -0.2) is 38.7 Å². The number of aryl methyl sites for hydroxylation is 2. The highest BCUT2D eigenvalue weighted by atomic mass is 16.5. The summed E-state index contributed by atoms with van der Waals surface area (Å²) in [4.78, 5) is 12.6. The molecule has 1 amide bonds. The predicted molar refractivity (Wildman–Crippen MR) is 111 cm³/mol. The lowest BCUT2D eigenvalue weighted by atomic mass is 10.2. The van der Waals surface area contributed by atoms with Gasteiger partial charge in [-0.05, 0) is 45.4 Å². The van der Waals surface area contributed by atoms with Crippen molar-refractivity contribution >= 4 is 11.6 Å². The summed E-state index contributed by atoms with van der Waals surface area (Å²) in [5, 5.41) is 11.5. The van der Waals surface area contributed by atoms with Gasteiger partial charge < -0.3 is 14.8 Å². The monoisotopic (exact) mass is 397 g/mol. The summed E-state index contributed by atoms with van der Waals surface area (Å²) < 4.78 is 14.8. The van der Waals surface area contributed by atoms with Crippen LogP contribution in [0.1, 0.15) is 41.2 Å². The van der Waals surface area contributed by atoms with Crippen molar-refractivity contribution in [3.63, 3.8) is 0 Å². The highest BCUT2D eigenvalue weighted by Crippen LogP contribution is 2.29. The van der Waals surface area contributed by atoms with Crippen molar-refractivity contribution in [2.75, 3.05) is 18.5 Å². The lowest BCUT2D eigenvalue weighted by Gasteiger charge is -2.12. The molecule has 0 aliphatic heterocycles. The molecule has 3 rings (SSSR count). The molecule has 0 spiro atoms. The Labute approximate surface area is 170 Å². The van der Waals surface area contributed by atoms with Gasteiger partial charge in [-0.3, -0.25) is 14.2 Å². The lowest BCUT2D eigenvalue weighted by Crippen LogP contribution is -2.13. The molecule has 1 N–H and O–H groups in total. The molecule has 2 heterocycles. The van der Waals surface area contributed by atoms with Crippen LogP contribution in [-0.2, 0) is 13.6 Å². The van der Waals surface area contributed by atoms with Gasteiger partial charge in [0.15, 0.2) is 11.5 Å². The predicted octanol–water partition coefficient (Wildman–Crippen LogP) is 3.33. The molecular formula is C21H27N5O3. The first-order chi connectivity index (χ1) is 13.9. The smallest absolute Gasteiger partial charge is 0.259 e. The van der Waals surface area contributed by atoms with Crippen molar-refractivity contribution in [1.29, 1.82) is 0 Å². The van der Waals surface area contributed by atoms with Gasteiger partial charge in [0.25, 0.3) is 5.91 Å². The second-order valence-electron chi connectivity index (χ2n) is 6.70. The Balaban J connectivity index is 1.72. The molecule has 0 saturated heterocycles. The number of nitrogens with one attached hydrogen (secondary N) is 1. The minimum atomic E-state index is -0.188. The third kappa shape index (κ3) is 4.59. The van der Waals surface area contributed by atoms with Gasteiger partial charge in [0.1, 0.15) is 0 Å². The van der Waals surface area contributed by atoms with Crippen LogP contribution >= 0.6 is 0 Å². The van der Waals surface area contributed by atoms with E-state index in [0.29, 0.717) is 36.7 Å². The lowest BCUT2D eigenvalue weighted by molar-refractivity contribution is 0.102. The highest BCUT2D eigenvalue weighted by Gasteiger charge is 2.18. The number of ether oxygens (including phenoxy) is 2. The molecule has 0 saturated carbocycles. The maximum absolute atomic E-state index is 12.6. The maximum atomic E-state index is 12.6. The molecule has 0 aliphatic rings. The Morgan fingerprint density at radius 2 is 1.86 bits per heavy atom. The number of benzene rings is 1. The quantitative estimate of drug-likeness (QED) is 0.630. The first-order valence-electron chi connectivity index (χ1n) is 9.65. The molecule has 3 aromatic rings. The molecule has 0 atom stereocenters. The van der Waals surface area contributed by atoms with E-state index in [2.05, 4.69) is 15.5 Å². The van der Waals surface area contributed by atoms with Gasteiger partial charge in [0.2, 0.25) is 0 Å². The van der Waals surface area contributed by atoms with Crippen molar-refractivity contribution in [2.45, 2.75) is 34.2 Å². The normalized spacial score (nSPS) is 10.8. The fourth-order valence-corrected chi connectivity index (χ4v) is 3.19. The molecule has 29 heavy (non-hydrogen) atoms. The van der Waals surface area contributed by atoms with E-state index in [9.17, 15) is 4.79 Å². The zero-order valence-electron chi connectivity index (χ0n) is 17.5. The van der Waals surface area contributed by atoms with E-state index in [1.165, 1.54) is 0 Å². The van der Waals surface area contributed by atoms with Crippen LogP contribution in [0.15, 0.2) is 30.6 Å². The number of anilines is 1. The molecule has 0 unspecified atom stereocenters. The van der Waals surface area contributed by atoms with Crippen molar-refractivity contribution < 1.29 is 14.3 Å². The Morgan fingerprint density at radius 1 is 1.14 bits per heavy atom. The van der Waals surface area contributed by atoms with E-state index >= 15 is 0 Å². The van der Waals surface area contributed by atoms with Gasteiger partial charge in [-0.25, -0.2) is 0 Å². The molecule has 0 radical (unpaired) electrons. The molecule has 1 aromatic carbocycles. The van der Waals surface area contributed by atoms with E-state index in [4.69, 9.17) is 9.47 Å². The van der Waals surface area contributed by atoms with Crippen molar-refractivity contribution in [2.24, 2.45) is 7.05 Å². The summed E-state index contributed by atoms with van der Waals surface area (Å²) in [6.45, 7) is 9.28. The van der Waals surface area contributed by atoms with E-state index in [0.717, 1.165) is 22.8 Å². The summed E-state index contributed by atoms with van der Waals surface area (Å²) >= 11 is 0. The molecule has 0 fully saturated rings. The number of carbonyl (C=O) groups excluding carboxylic acids is 1. The topological polar surface area (TPSA) is 83.2 Å². The first-order valence-corrected chi connectivity index (χ1v) is 9.65. The van der Waals surface area contributed by atoms with Crippen LogP contribution in [0.4, 0.5) is 5.69 Å². The molecular weight excluding hydrogens is 370 g/mol. The third-order valence-electron chi connectivity index (χ3n) is 4.58. The fraction of sp³-hybridized carbons (Fsp3) is 0.381. The SMILES string of the molecule is CCOc1ccc(Cn2cc(NC(=O)c3c(C)nn(C)c3C)cn2)cc1OCC. The van der Waals surface area contributed by atoms with Crippen LogP contribution < -0.4 is 14.8 Å². The number of rotatable bonds is 8. The summed E-state index contributed by atoms with van der Waals surface area (Å²) in [5.74, 6) is 1.26. The van der Waals surface area contributed by atoms with Crippen molar-refractivity contribution in [3.8, 4) is 11.5 Å². The summed E-state index contributed by atoms with van der Waals surface area (Å²) in [6, 6.07) is 5.84. The van der Waals surface area contributed by atoms with Crippen LogP contribution in [0, 0.1) is 13.8 Å². The van der Waals surface area contributed by atoms with Gasteiger partial charge in [0, 0.05) is 18.9 Å². The van der Waals surface area contributed by atoms with Crippen LogP contribution in [0.2, 0.25) is 0 Å². The number of nitrogens with zero attached hydrogens (tertiary/aromatic N) is 4. The summed E-state index contributed by atoms with van der Waals surface area (Å²) in [7, 11) is 1.82. The van der Waals surface area contributed by atoms with Gasteiger partial charge in [0.05, 0.1) is 42.9 Å². The van der Waals surface area contributed by atoms with E-state index in [1.807, 2.05) is 52.9 Å². The molecule has 154 valence electrons. The fourth-order valence-electron chi connectivity index (χ4n) is 3.19. The number of aromatic nitrogens is 4. The van der Waals surface area contributed by atoms with Crippen LogP contribution in [0.5, 0.6) is 11.5 Å². The van der Waals surface area contributed by atoms with E-state index in [1.54, 1.807) is 21.8 Å². The van der Waals surface area contributed by atoms with Gasteiger partial charge in [-0.2, -0.15) is 10.2 Å². The number of amides is 1. The zero-order valence-corrected chi connectivity index (χ0v) is 17.5. The Morgan fingerprint density at radius 3 is 2.52 bits per heavy atom. The third-order valence-corrected chi connectivity index (χ3v) is 4.58. The summed E-state index contributed by atoms with van der Waals surface area (Å²) in [6.07, 6.45) is 3.44. The molecule has 0 bridgehead atoms. The minimum Gasteiger partial charge on any atom is -0.490 e. The molecule has 2 aromatic heterocycles. The standard InChI is InChI=1S/C21H27N5O3/c1-6-28-18-9-8-16(10-19(18)29-7-2)12-26-13-17(11-22-26)23-21(27)20-14(3)24-25(5)15(20)4/h8-11,13H,6-7,12H2,1-5H3,(H,23,27). The largest absolute Gasteiger partial charge is 0.490 e. The maximum Gasteiger partial charge on any atom is 0.259 e. The first kappa shape index (κ1) is 20.4. The van der Waals surface area contributed by atoms with Crippen LogP contribution in [0.3, 0.4) is 0 Å².